The fraction of sp³-hybridized carbons (Fsp3) is 0.500. The Morgan fingerprint density at radius 2 is 2.30 bits per heavy atom. The highest BCUT2D eigenvalue weighted by Crippen LogP contribution is 2.29. The van der Waals surface area contributed by atoms with E-state index >= 15 is 0 Å². The normalized spacial score (nSPS) is 14.9. The Balaban J connectivity index is 2.00. The van der Waals surface area contributed by atoms with E-state index in [2.05, 4.69) is 24.0 Å². The lowest BCUT2D eigenvalue weighted by molar-refractivity contribution is 0.0724. The molecule has 0 aliphatic heterocycles. The number of amides is 1. The molecule has 1 fully saturated rings. The minimum absolute atomic E-state index is 0.0363. The SMILES string of the molecule is CC(C)CN(C(=O)c1cccn2c(=O)[nH]nc12)C1CC1. The highest BCUT2D eigenvalue weighted by Gasteiger charge is 2.34. The van der Waals surface area contributed by atoms with E-state index in [4.69, 9.17) is 0 Å². The van der Waals surface area contributed by atoms with Crippen LogP contribution in [0.15, 0.2) is 23.1 Å². The van der Waals surface area contributed by atoms with Crippen LogP contribution in [0.1, 0.15) is 37.0 Å². The zero-order valence-electron chi connectivity index (χ0n) is 11.7. The summed E-state index contributed by atoms with van der Waals surface area (Å²) in [4.78, 5) is 26.2. The average molecular weight is 274 g/mol. The average Bonchev–Trinajstić information content (AvgIpc) is 3.19. The molecular formula is C14H18N4O2. The van der Waals surface area contributed by atoms with Crippen LogP contribution in [0, 0.1) is 5.92 Å². The van der Waals surface area contributed by atoms with Crippen molar-refractivity contribution in [3.63, 3.8) is 0 Å². The van der Waals surface area contributed by atoms with Gasteiger partial charge < -0.3 is 4.90 Å². The smallest absolute Gasteiger partial charge is 0.335 e. The Labute approximate surface area is 116 Å². The van der Waals surface area contributed by atoms with E-state index in [1.807, 2.05) is 4.90 Å². The molecule has 2 aromatic heterocycles. The van der Waals surface area contributed by atoms with Crippen molar-refractivity contribution in [1.29, 1.82) is 0 Å². The predicted octanol–water partition coefficient (Wildman–Crippen LogP) is 1.28. The van der Waals surface area contributed by atoms with Crippen LogP contribution in [-0.4, -0.2) is 38.0 Å². The number of rotatable bonds is 4. The molecule has 1 aliphatic rings. The summed E-state index contributed by atoms with van der Waals surface area (Å²) in [5.41, 5.74) is 0.562. The summed E-state index contributed by atoms with van der Waals surface area (Å²) in [7, 11) is 0. The number of pyridine rings is 1. The molecule has 1 saturated carbocycles. The van der Waals surface area contributed by atoms with E-state index in [1.54, 1.807) is 18.3 Å². The minimum atomic E-state index is -0.323. The number of nitrogens with one attached hydrogen (secondary N) is 1. The number of carbonyl (C=O) groups is 1. The lowest BCUT2D eigenvalue weighted by Gasteiger charge is -2.24. The van der Waals surface area contributed by atoms with Gasteiger partial charge in [-0.2, -0.15) is 5.10 Å². The molecule has 0 radical (unpaired) electrons. The number of fused-ring (bicyclic) bond motifs is 1. The molecule has 6 heteroatoms. The van der Waals surface area contributed by atoms with E-state index < -0.39 is 0 Å². The van der Waals surface area contributed by atoms with Crippen molar-refractivity contribution in [1.82, 2.24) is 19.5 Å². The molecule has 20 heavy (non-hydrogen) atoms. The largest absolute Gasteiger partial charge is 0.347 e. The molecule has 3 rings (SSSR count). The number of aromatic nitrogens is 3. The maximum atomic E-state index is 12.7. The number of aromatic amines is 1. The lowest BCUT2D eigenvalue weighted by Crippen LogP contribution is -2.36. The molecule has 1 N–H and O–H groups in total. The molecule has 0 unspecified atom stereocenters. The molecule has 0 atom stereocenters. The van der Waals surface area contributed by atoms with Gasteiger partial charge in [-0.15, -0.1) is 0 Å². The van der Waals surface area contributed by atoms with Crippen LogP contribution in [0.25, 0.3) is 5.65 Å². The van der Waals surface area contributed by atoms with Crippen molar-refractivity contribution < 1.29 is 4.79 Å². The Kier molecular flexibility index (Phi) is 3.08. The first-order chi connectivity index (χ1) is 9.58. The minimum Gasteiger partial charge on any atom is -0.335 e. The van der Waals surface area contributed by atoms with Crippen molar-refractivity contribution in [3.8, 4) is 0 Å². The van der Waals surface area contributed by atoms with E-state index in [0.29, 0.717) is 23.2 Å². The molecular weight excluding hydrogens is 256 g/mol. The molecule has 6 nitrogen and oxygen atoms in total. The molecule has 1 aliphatic carbocycles. The van der Waals surface area contributed by atoms with Gasteiger partial charge in [0.05, 0.1) is 5.56 Å². The van der Waals surface area contributed by atoms with Gasteiger partial charge in [-0.3, -0.25) is 4.79 Å². The summed E-state index contributed by atoms with van der Waals surface area (Å²) in [5.74, 6) is 0.381. The van der Waals surface area contributed by atoms with Crippen molar-refractivity contribution in [2.75, 3.05) is 6.54 Å². The maximum absolute atomic E-state index is 12.7. The van der Waals surface area contributed by atoms with Gasteiger partial charge in [-0.1, -0.05) is 13.8 Å². The van der Waals surface area contributed by atoms with Gasteiger partial charge in [0.15, 0.2) is 5.65 Å². The van der Waals surface area contributed by atoms with Gasteiger partial charge in [0.2, 0.25) is 0 Å². The molecule has 1 amide bonds. The summed E-state index contributed by atoms with van der Waals surface area (Å²) >= 11 is 0. The van der Waals surface area contributed by atoms with E-state index in [0.717, 1.165) is 19.4 Å². The van der Waals surface area contributed by atoms with Crippen LogP contribution in [0.3, 0.4) is 0 Å². The van der Waals surface area contributed by atoms with Crippen LogP contribution >= 0.6 is 0 Å². The third-order valence-electron chi connectivity index (χ3n) is 3.48. The Hall–Kier alpha value is -2.11. The monoisotopic (exact) mass is 274 g/mol. The van der Waals surface area contributed by atoms with Crippen molar-refractivity contribution >= 4 is 11.6 Å². The van der Waals surface area contributed by atoms with Crippen LogP contribution in [-0.2, 0) is 0 Å². The van der Waals surface area contributed by atoms with Gasteiger partial charge in [-0.25, -0.2) is 14.3 Å². The van der Waals surface area contributed by atoms with Crippen molar-refractivity contribution in [3.05, 3.63) is 34.4 Å². The Bertz CT molecular complexity index is 697. The Morgan fingerprint density at radius 1 is 1.55 bits per heavy atom. The molecule has 0 aromatic carbocycles. The third-order valence-corrected chi connectivity index (χ3v) is 3.48. The fourth-order valence-corrected chi connectivity index (χ4v) is 2.43. The van der Waals surface area contributed by atoms with Gasteiger partial charge in [0.1, 0.15) is 0 Å². The van der Waals surface area contributed by atoms with Gasteiger partial charge in [0, 0.05) is 18.8 Å². The molecule has 0 saturated heterocycles. The van der Waals surface area contributed by atoms with Crippen molar-refractivity contribution in [2.24, 2.45) is 5.92 Å². The number of nitrogens with zero attached hydrogens (tertiary/aromatic N) is 3. The molecule has 0 bridgehead atoms. The number of carbonyl (C=O) groups excluding carboxylic acids is 1. The predicted molar refractivity (Wildman–Crippen MR) is 74.7 cm³/mol. The van der Waals surface area contributed by atoms with Crippen LogP contribution in [0.5, 0.6) is 0 Å². The van der Waals surface area contributed by atoms with Crippen molar-refractivity contribution in [2.45, 2.75) is 32.7 Å². The summed E-state index contributed by atoms with van der Waals surface area (Å²) in [6, 6.07) is 3.78. The topological polar surface area (TPSA) is 70.5 Å². The molecule has 2 aromatic rings. The number of H-pyrrole nitrogens is 1. The summed E-state index contributed by atoms with van der Waals surface area (Å²) < 4.78 is 1.37. The van der Waals surface area contributed by atoms with E-state index in [1.165, 1.54) is 4.40 Å². The zero-order chi connectivity index (χ0) is 14.3. The summed E-state index contributed by atoms with van der Waals surface area (Å²) in [5, 5.41) is 6.34. The first-order valence-corrected chi connectivity index (χ1v) is 6.94. The van der Waals surface area contributed by atoms with Crippen LogP contribution in [0.2, 0.25) is 0 Å². The highest BCUT2D eigenvalue weighted by atomic mass is 16.2. The standard InChI is InChI=1S/C14H18N4O2/c1-9(2)8-18(10-5-6-10)13(19)11-4-3-7-17-12(11)15-16-14(17)20/h3-4,7,9-10H,5-6,8H2,1-2H3,(H,16,20). The number of hydrogen-bond acceptors (Lipinski definition) is 3. The van der Waals surface area contributed by atoms with Crippen LogP contribution in [0.4, 0.5) is 0 Å². The summed E-state index contributed by atoms with van der Waals surface area (Å²) in [6.07, 6.45) is 3.74. The second-order valence-electron chi connectivity index (χ2n) is 5.73. The second kappa shape index (κ2) is 4.77. The van der Waals surface area contributed by atoms with Gasteiger partial charge in [-0.05, 0) is 30.9 Å². The third kappa shape index (κ3) is 2.21. The Morgan fingerprint density at radius 3 is 2.95 bits per heavy atom. The van der Waals surface area contributed by atoms with E-state index in [9.17, 15) is 9.59 Å². The second-order valence-corrected chi connectivity index (χ2v) is 5.73. The maximum Gasteiger partial charge on any atom is 0.347 e. The first kappa shape index (κ1) is 12.9. The zero-order valence-corrected chi connectivity index (χ0v) is 11.7. The van der Waals surface area contributed by atoms with Gasteiger partial charge >= 0.3 is 5.69 Å². The number of hydrogen-bond donors (Lipinski definition) is 1. The highest BCUT2D eigenvalue weighted by molar-refractivity contribution is 6.00. The lowest BCUT2D eigenvalue weighted by atomic mass is 10.1. The quantitative estimate of drug-likeness (QED) is 0.913. The molecule has 0 spiro atoms. The van der Waals surface area contributed by atoms with E-state index in [-0.39, 0.29) is 11.6 Å². The van der Waals surface area contributed by atoms with Gasteiger partial charge in [0.25, 0.3) is 5.91 Å². The first-order valence-electron chi connectivity index (χ1n) is 6.94. The summed E-state index contributed by atoms with van der Waals surface area (Å²) in [6.45, 7) is 4.93. The molecule has 2 heterocycles. The van der Waals surface area contributed by atoms with Crippen LogP contribution < -0.4 is 5.69 Å². The molecule has 106 valence electrons. The fourth-order valence-electron chi connectivity index (χ4n) is 2.43.